The van der Waals surface area contributed by atoms with E-state index in [2.05, 4.69) is 21.2 Å². The van der Waals surface area contributed by atoms with Gasteiger partial charge in [0.1, 0.15) is 16.5 Å². The zero-order chi connectivity index (χ0) is 26.5. The van der Waals surface area contributed by atoms with Crippen LogP contribution in [-0.2, 0) is 14.9 Å². The van der Waals surface area contributed by atoms with Gasteiger partial charge in [0.2, 0.25) is 0 Å². The zero-order valence-electron chi connectivity index (χ0n) is 20.3. The normalized spacial score (nSPS) is 11.5. The van der Waals surface area contributed by atoms with Gasteiger partial charge in [0.25, 0.3) is 5.91 Å². The topological polar surface area (TPSA) is 105 Å². The number of amides is 1. The molecule has 1 N–H and O–H groups in total. The summed E-state index contributed by atoms with van der Waals surface area (Å²) in [7, 11) is -4.13. The van der Waals surface area contributed by atoms with Gasteiger partial charge >= 0.3 is 10.1 Å². The third-order valence-corrected chi connectivity index (χ3v) is 7.19. The molecule has 0 bridgehead atoms. The van der Waals surface area contributed by atoms with E-state index in [4.69, 9.17) is 8.92 Å². The van der Waals surface area contributed by atoms with Gasteiger partial charge in [-0.1, -0.05) is 29.8 Å². The number of ether oxygens (including phenoxy) is 1. The highest BCUT2D eigenvalue weighted by molar-refractivity contribution is 9.10. The van der Waals surface area contributed by atoms with Crippen LogP contribution >= 0.6 is 15.9 Å². The predicted molar refractivity (Wildman–Crippen MR) is 142 cm³/mol. The maximum atomic E-state index is 12.8. The van der Waals surface area contributed by atoms with Crippen LogP contribution in [0, 0.1) is 32.1 Å². The number of halogens is 1. The number of nitrogens with zero attached hydrogens (tertiary/aromatic N) is 1. The number of anilines is 1. The molecule has 0 atom stereocenters. The van der Waals surface area contributed by atoms with Crippen LogP contribution in [0.4, 0.5) is 5.69 Å². The number of hydrogen-bond donors (Lipinski definition) is 1. The van der Waals surface area contributed by atoms with Gasteiger partial charge in [-0.3, -0.25) is 4.79 Å². The smallest absolute Gasteiger partial charge is 0.339 e. The fourth-order valence-electron chi connectivity index (χ4n) is 3.27. The molecule has 0 saturated heterocycles. The maximum Gasteiger partial charge on any atom is 0.339 e. The molecule has 0 saturated carbocycles. The van der Waals surface area contributed by atoms with E-state index >= 15 is 0 Å². The zero-order valence-corrected chi connectivity index (χ0v) is 22.7. The molecule has 0 heterocycles. The molecule has 7 nitrogen and oxygen atoms in total. The number of carbonyl (C=O) groups excluding carboxylic acids is 1. The highest BCUT2D eigenvalue weighted by Gasteiger charge is 2.22. The number of hydrogen-bond acceptors (Lipinski definition) is 6. The molecule has 3 aromatic carbocycles. The Kier molecular flexibility index (Phi) is 8.56. The molecule has 0 spiro atoms. The van der Waals surface area contributed by atoms with Crippen molar-refractivity contribution in [1.29, 1.82) is 5.26 Å². The van der Waals surface area contributed by atoms with E-state index in [-0.39, 0.29) is 33.0 Å². The van der Waals surface area contributed by atoms with E-state index in [1.54, 1.807) is 31.2 Å². The molecule has 186 valence electrons. The highest BCUT2D eigenvalue weighted by Crippen LogP contribution is 2.39. The molecule has 1 amide bonds. The Hall–Kier alpha value is -3.61. The summed E-state index contributed by atoms with van der Waals surface area (Å²) in [6, 6.07) is 16.8. The van der Waals surface area contributed by atoms with Gasteiger partial charge in [0.05, 0.1) is 11.1 Å². The molecule has 0 aromatic heterocycles. The van der Waals surface area contributed by atoms with Gasteiger partial charge < -0.3 is 14.2 Å². The number of aryl methyl sites for hydroxylation is 2. The minimum atomic E-state index is -4.13. The highest BCUT2D eigenvalue weighted by atomic mass is 79.9. The van der Waals surface area contributed by atoms with Gasteiger partial charge in [0, 0.05) is 5.69 Å². The first-order chi connectivity index (χ1) is 17.1. The molecule has 0 unspecified atom stereocenters. The lowest BCUT2D eigenvalue weighted by Crippen LogP contribution is -2.14. The number of carbonyl (C=O) groups is 1. The Morgan fingerprint density at radius 2 is 1.81 bits per heavy atom. The Morgan fingerprint density at radius 3 is 2.44 bits per heavy atom. The van der Waals surface area contributed by atoms with Crippen molar-refractivity contribution in [3.8, 4) is 17.6 Å². The van der Waals surface area contributed by atoms with E-state index in [1.807, 2.05) is 39.0 Å². The second-order valence-electron chi connectivity index (χ2n) is 7.98. The third kappa shape index (κ3) is 6.33. The summed E-state index contributed by atoms with van der Waals surface area (Å²) in [5.41, 5.74) is 3.75. The van der Waals surface area contributed by atoms with E-state index < -0.39 is 16.0 Å². The Bertz CT molecular complexity index is 1470. The largest absolute Gasteiger partial charge is 0.490 e. The molecular formula is C27H25BrN2O5S. The van der Waals surface area contributed by atoms with E-state index in [0.717, 1.165) is 16.7 Å². The average molecular weight is 569 g/mol. The summed E-state index contributed by atoms with van der Waals surface area (Å²) in [5.74, 6) is -0.462. The first kappa shape index (κ1) is 27.0. The summed E-state index contributed by atoms with van der Waals surface area (Å²) in [6.07, 6.45) is 1.39. The number of benzene rings is 3. The van der Waals surface area contributed by atoms with E-state index in [1.165, 1.54) is 24.3 Å². The molecular weight excluding hydrogens is 544 g/mol. The van der Waals surface area contributed by atoms with Crippen LogP contribution in [0.15, 0.2) is 69.5 Å². The summed E-state index contributed by atoms with van der Waals surface area (Å²) >= 11 is 3.34. The minimum Gasteiger partial charge on any atom is -0.490 e. The Balaban J connectivity index is 1.95. The van der Waals surface area contributed by atoms with Crippen molar-refractivity contribution in [2.45, 2.75) is 32.6 Å². The molecule has 0 aliphatic heterocycles. The van der Waals surface area contributed by atoms with Crippen LogP contribution in [0.1, 0.15) is 29.2 Å². The fourth-order valence-corrected chi connectivity index (χ4v) is 4.87. The van der Waals surface area contributed by atoms with Crippen molar-refractivity contribution < 1.29 is 22.1 Å². The number of nitriles is 1. The summed E-state index contributed by atoms with van der Waals surface area (Å²) in [5, 5.41) is 12.4. The van der Waals surface area contributed by atoms with Crippen molar-refractivity contribution >= 4 is 43.7 Å². The van der Waals surface area contributed by atoms with Gasteiger partial charge in [-0.25, -0.2) is 0 Å². The summed E-state index contributed by atoms with van der Waals surface area (Å²) < 4.78 is 37.0. The van der Waals surface area contributed by atoms with Crippen molar-refractivity contribution in [2.24, 2.45) is 0 Å². The molecule has 3 aromatic rings. The maximum absolute atomic E-state index is 12.8. The van der Waals surface area contributed by atoms with Gasteiger partial charge in [-0.2, -0.15) is 13.7 Å². The lowest BCUT2D eigenvalue weighted by Gasteiger charge is -2.15. The first-order valence-electron chi connectivity index (χ1n) is 11.0. The molecule has 0 fully saturated rings. The predicted octanol–water partition coefficient (Wildman–Crippen LogP) is 6.09. The van der Waals surface area contributed by atoms with Crippen LogP contribution in [0.3, 0.4) is 0 Å². The summed E-state index contributed by atoms with van der Waals surface area (Å²) in [6.45, 7) is 7.65. The molecule has 0 aliphatic carbocycles. The van der Waals surface area contributed by atoms with Crippen LogP contribution in [0.2, 0.25) is 0 Å². The fraction of sp³-hybridized carbons (Fsp3) is 0.185. The van der Waals surface area contributed by atoms with Crippen LogP contribution < -0.4 is 14.2 Å². The quantitative estimate of drug-likeness (QED) is 0.200. The monoisotopic (exact) mass is 568 g/mol. The first-order valence-corrected chi connectivity index (χ1v) is 13.2. The molecule has 3 rings (SSSR count). The average Bonchev–Trinajstić information content (AvgIpc) is 2.83. The van der Waals surface area contributed by atoms with E-state index in [9.17, 15) is 18.5 Å². The Labute approximate surface area is 219 Å². The van der Waals surface area contributed by atoms with E-state index in [0.29, 0.717) is 11.3 Å². The molecule has 36 heavy (non-hydrogen) atoms. The number of rotatable bonds is 8. The standard InChI is InChI=1S/C27H25BrN2O5S/c1-5-34-25-15-20(13-21(16-29)27(31)30-24-8-6-7-18(3)19(24)4)14-23(28)26(25)35-36(32,33)22-11-9-17(2)10-12-22/h6-15H,5H2,1-4H3,(H,30,31)/b21-13+. The van der Waals surface area contributed by atoms with Crippen LogP contribution in [-0.4, -0.2) is 20.9 Å². The van der Waals surface area contributed by atoms with Gasteiger partial charge in [-0.05, 0) is 96.7 Å². The van der Waals surface area contributed by atoms with Crippen molar-refractivity contribution in [2.75, 3.05) is 11.9 Å². The van der Waals surface area contributed by atoms with Crippen molar-refractivity contribution in [1.82, 2.24) is 0 Å². The lowest BCUT2D eigenvalue weighted by molar-refractivity contribution is -0.112. The minimum absolute atomic E-state index is 0.00120. The second-order valence-corrected chi connectivity index (χ2v) is 10.4. The van der Waals surface area contributed by atoms with Crippen LogP contribution in [0.5, 0.6) is 11.5 Å². The second kappa shape index (κ2) is 11.4. The lowest BCUT2D eigenvalue weighted by atomic mass is 10.1. The van der Waals surface area contributed by atoms with Crippen LogP contribution in [0.25, 0.3) is 6.08 Å². The Morgan fingerprint density at radius 1 is 1.11 bits per heavy atom. The van der Waals surface area contributed by atoms with Gasteiger partial charge in [-0.15, -0.1) is 0 Å². The SMILES string of the molecule is CCOc1cc(/C=C(\C#N)C(=O)Nc2cccc(C)c2C)cc(Br)c1OS(=O)(=O)c1ccc(C)cc1. The summed E-state index contributed by atoms with van der Waals surface area (Å²) in [4.78, 5) is 12.8. The molecule has 0 aliphatic rings. The van der Waals surface area contributed by atoms with Crippen molar-refractivity contribution in [3.63, 3.8) is 0 Å². The van der Waals surface area contributed by atoms with Gasteiger partial charge in [0.15, 0.2) is 11.5 Å². The molecule has 9 heteroatoms. The molecule has 0 radical (unpaired) electrons. The van der Waals surface area contributed by atoms with Crippen molar-refractivity contribution in [3.05, 3.63) is 86.9 Å². The third-order valence-electron chi connectivity index (χ3n) is 5.36. The number of nitrogens with one attached hydrogen (secondary N) is 1.